The van der Waals surface area contributed by atoms with Gasteiger partial charge in [0.25, 0.3) is 0 Å². The van der Waals surface area contributed by atoms with E-state index in [0.717, 1.165) is 21.6 Å². The monoisotopic (exact) mass is 482 g/mol. The topological polar surface area (TPSA) is 88.1 Å². The zero-order valence-corrected chi connectivity index (χ0v) is 19.5. The number of benzene rings is 2. The van der Waals surface area contributed by atoms with Crippen LogP contribution in [0.4, 0.5) is 0 Å². The molecule has 0 amide bonds. The van der Waals surface area contributed by atoms with Crippen molar-refractivity contribution in [2.75, 3.05) is 26.4 Å². The SMILES string of the molecule is C=CC(=O)OCCCCOCC(COc1ccc2sc3ccccc3c(=O)c2c1)OC(=O)C=C. The van der Waals surface area contributed by atoms with Gasteiger partial charge in [-0.2, -0.15) is 0 Å². The fraction of sp³-hybridized carbons (Fsp3) is 0.269. The summed E-state index contributed by atoms with van der Waals surface area (Å²) < 4.78 is 23.4. The van der Waals surface area contributed by atoms with E-state index in [-0.39, 0.29) is 25.2 Å². The zero-order chi connectivity index (χ0) is 24.3. The van der Waals surface area contributed by atoms with Gasteiger partial charge in [-0.25, -0.2) is 9.59 Å². The highest BCUT2D eigenvalue weighted by Crippen LogP contribution is 2.27. The summed E-state index contributed by atoms with van der Waals surface area (Å²) in [4.78, 5) is 35.6. The second-order valence-corrected chi connectivity index (χ2v) is 8.40. The van der Waals surface area contributed by atoms with Gasteiger partial charge in [0.1, 0.15) is 12.4 Å². The van der Waals surface area contributed by atoms with Gasteiger partial charge in [0, 0.05) is 38.9 Å². The summed E-state index contributed by atoms with van der Waals surface area (Å²) in [6, 6.07) is 12.8. The number of hydrogen-bond acceptors (Lipinski definition) is 8. The Kier molecular flexibility index (Phi) is 9.37. The van der Waals surface area contributed by atoms with E-state index < -0.39 is 18.0 Å². The molecule has 178 valence electrons. The molecule has 3 aromatic rings. The third kappa shape index (κ3) is 7.00. The molecule has 1 atom stereocenters. The van der Waals surface area contributed by atoms with Gasteiger partial charge in [-0.15, -0.1) is 11.3 Å². The van der Waals surface area contributed by atoms with E-state index in [1.54, 1.807) is 23.5 Å². The van der Waals surface area contributed by atoms with Crippen LogP contribution in [0, 0.1) is 0 Å². The van der Waals surface area contributed by atoms with Gasteiger partial charge in [0.05, 0.1) is 13.2 Å². The highest BCUT2D eigenvalue weighted by atomic mass is 32.1. The number of esters is 2. The lowest BCUT2D eigenvalue weighted by atomic mass is 10.2. The van der Waals surface area contributed by atoms with E-state index in [1.807, 2.05) is 30.3 Å². The molecule has 0 saturated heterocycles. The van der Waals surface area contributed by atoms with Crippen molar-refractivity contribution in [3.63, 3.8) is 0 Å². The first-order chi connectivity index (χ1) is 16.5. The molecule has 2 aromatic carbocycles. The van der Waals surface area contributed by atoms with Crippen molar-refractivity contribution in [3.05, 3.63) is 78.0 Å². The molecule has 8 heteroatoms. The van der Waals surface area contributed by atoms with E-state index in [9.17, 15) is 14.4 Å². The van der Waals surface area contributed by atoms with Gasteiger partial charge in [0.15, 0.2) is 11.5 Å². The molecule has 1 unspecified atom stereocenters. The van der Waals surface area contributed by atoms with E-state index in [4.69, 9.17) is 18.9 Å². The van der Waals surface area contributed by atoms with Gasteiger partial charge in [-0.1, -0.05) is 25.3 Å². The minimum absolute atomic E-state index is 0.0488. The average Bonchev–Trinajstić information content (AvgIpc) is 2.86. The summed E-state index contributed by atoms with van der Waals surface area (Å²) in [7, 11) is 0. The van der Waals surface area contributed by atoms with E-state index >= 15 is 0 Å². The number of fused-ring (bicyclic) bond motifs is 2. The summed E-state index contributed by atoms with van der Waals surface area (Å²) >= 11 is 1.54. The molecule has 34 heavy (non-hydrogen) atoms. The van der Waals surface area contributed by atoms with Gasteiger partial charge < -0.3 is 18.9 Å². The van der Waals surface area contributed by atoms with Crippen LogP contribution in [0.5, 0.6) is 5.75 Å². The molecule has 0 radical (unpaired) electrons. The summed E-state index contributed by atoms with van der Waals surface area (Å²) in [6.45, 7) is 7.61. The minimum atomic E-state index is -0.661. The fourth-order valence-electron chi connectivity index (χ4n) is 3.14. The first-order valence-electron chi connectivity index (χ1n) is 10.8. The number of rotatable bonds is 13. The second-order valence-electron chi connectivity index (χ2n) is 7.31. The standard InChI is InChI=1S/C26H26O7S/c1-3-24(27)31-14-8-7-13-30-16-19(33-25(28)4-2)17-32-18-11-12-23-21(15-18)26(29)20-9-5-6-10-22(20)34-23/h3-6,9-12,15,19H,1-2,7-8,13-14,16-17H2. The van der Waals surface area contributed by atoms with E-state index in [1.165, 1.54) is 0 Å². The van der Waals surface area contributed by atoms with Crippen molar-refractivity contribution in [3.8, 4) is 5.75 Å². The third-order valence-electron chi connectivity index (χ3n) is 4.83. The van der Waals surface area contributed by atoms with Crippen LogP contribution in [0.2, 0.25) is 0 Å². The number of hydrogen-bond donors (Lipinski definition) is 0. The molecular formula is C26H26O7S. The summed E-state index contributed by atoms with van der Waals surface area (Å²) in [6.07, 6.45) is 2.83. The molecule has 0 bridgehead atoms. The van der Waals surface area contributed by atoms with Gasteiger partial charge in [-0.05, 0) is 43.2 Å². The van der Waals surface area contributed by atoms with Crippen molar-refractivity contribution >= 4 is 43.4 Å². The summed E-state index contributed by atoms with van der Waals surface area (Å²) in [5.41, 5.74) is -0.0495. The lowest BCUT2D eigenvalue weighted by Crippen LogP contribution is -2.29. The molecule has 0 fully saturated rings. The highest BCUT2D eigenvalue weighted by molar-refractivity contribution is 7.24. The van der Waals surface area contributed by atoms with Crippen LogP contribution < -0.4 is 10.2 Å². The molecule has 0 aliphatic carbocycles. The normalized spacial score (nSPS) is 11.6. The molecule has 0 aliphatic rings. The van der Waals surface area contributed by atoms with Crippen LogP contribution in [-0.2, 0) is 23.8 Å². The van der Waals surface area contributed by atoms with Gasteiger partial charge >= 0.3 is 11.9 Å². The van der Waals surface area contributed by atoms with E-state index in [2.05, 4.69) is 13.2 Å². The molecule has 3 rings (SSSR count). The Hall–Kier alpha value is -3.49. The quantitative estimate of drug-likeness (QED) is 0.154. The Morgan fingerprint density at radius 2 is 1.65 bits per heavy atom. The van der Waals surface area contributed by atoms with Crippen LogP contribution in [0.1, 0.15) is 12.8 Å². The van der Waals surface area contributed by atoms with Crippen LogP contribution in [0.25, 0.3) is 20.2 Å². The number of carbonyl (C=O) groups excluding carboxylic acids is 2. The Morgan fingerprint density at radius 1 is 0.912 bits per heavy atom. The van der Waals surface area contributed by atoms with Crippen LogP contribution >= 0.6 is 11.3 Å². The van der Waals surface area contributed by atoms with E-state index in [0.29, 0.717) is 36.0 Å². The maximum absolute atomic E-state index is 12.9. The molecule has 7 nitrogen and oxygen atoms in total. The minimum Gasteiger partial charge on any atom is -0.490 e. The molecular weight excluding hydrogens is 456 g/mol. The molecule has 1 aromatic heterocycles. The molecule has 0 aliphatic heterocycles. The lowest BCUT2D eigenvalue weighted by Gasteiger charge is -2.18. The largest absolute Gasteiger partial charge is 0.490 e. The van der Waals surface area contributed by atoms with Crippen molar-refractivity contribution in [2.24, 2.45) is 0 Å². The molecule has 0 saturated carbocycles. The Bertz CT molecular complexity index is 1230. The molecule has 0 N–H and O–H groups in total. The lowest BCUT2D eigenvalue weighted by molar-refractivity contribution is -0.148. The summed E-state index contributed by atoms with van der Waals surface area (Å²) in [5, 5.41) is 1.25. The van der Waals surface area contributed by atoms with Crippen molar-refractivity contribution in [1.82, 2.24) is 0 Å². The first kappa shape index (κ1) is 25.1. The van der Waals surface area contributed by atoms with Crippen LogP contribution in [-0.4, -0.2) is 44.5 Å². The Labute approximate surface area is 201 Å². The molecule has 0 spiro atoms. The molecule has 1 heterocycles. The maximum atomic E-state index is 12.9. The Morgan fingerprint density at radius 3 is 2.44 bits per heavy atom. The average molecular weight is 483 g/mol. The number of unbranched alkanes of at least 4 members (excludes halogenated alkanes) is 1. The van der Waals surface area contributed by atoms with Gasteiger partial charge in [-0.3, -0.25) is 4.79 Å². The fourth-order valence-corrected chi connectivity index (χ4v) is 4.19. The van der Waals surface area contributed by atoms with Crippen molar-refractivity contribution in [2.45, 2.75) is 18.9 Å². The number of carbonyl (C=O) groups is 2. The second kappa shape index (κ2) is 12.7. The van der Waals surface area contributed by atoms with Crippen LogP contribution in [0.3, 0.4) is 0 Å². The maximum Gasteiger partial charge on any atom is 0.330 e. The van der Waals surface area contributed by atoms with Gasteiger partial charge in [0.2, 0.25) is 0 Å². The van der Waals surface area contributed by atoms with Crippen molar-refractivity contribution < 1.29 is 28.5 Å². The Balaban J connectivity index is 1.58. The zero-order valence-electron chi connectivity index (χ0n) is 18.7. The van der Waals surface area contributed by atoms with Crippen molar-refractivity contribution in [1.29, 1.82) is 0 Å². The van der Waals surface area contributed by atoms with Crippen LogP contribution in [0.15, 0.2) is 72.6 Å². The number of ether oxygens (including phenoxy) is 4. The first-order valence-corrected chi connectivity index (χ1v) is 11.6. The predicted octanol–water partition coefficient (Wildman–Crippen LogP) is 4.42. The smallest absolute Gasteiger partial charge is 0.330 e. The third-order valence-corrected chi connectivity index (χ3v) is 5.98. The summed E-state index contributed by atoms with van der Waals surface area (Å²) in [5.74, 6) is -0.543. The highest BCUT2D eigenvalue weighted by Gasteiger charge is 2.15. The predicted molar refractivity (Wildman–Crippen MR) is 132 cm³/mol.